The number of nitrogens with zero attached hydrogens (tertiary/aromatic N) is 1. The van der Waals surface area contributed by atoms with Gasteiger partial charge in [-0.1, -0.05) is 36.4 Å². The number of rotatable bonds is 11. The van der Waals surface area contributed by atoms with Gasteiger partial charge in [0.1, 0.15) is 6.04 Å². The SMILES string of the molecule is CSCCC(NS(=O)(=O)c1ccccc1)C(=O)NCCS(=O)(=O)N1CCc2ccccc21. The number of para-hydroxylation sites is 1. The highest BCUT2D eigenvalue weighted by Gasteiger charge is 2.30. The summed E-state index contributed by atoms with van der Waals surface area (Å²) in [6, 6.07) is 14.2. The first-order valence-electron chi connectivity index (χ1n) is 10.2. The van der Waals surface area contributed by atoms with Crippen LogP contribution in [0.2, 0.25) is 0 Å². The van der Waals surface area contributed by atoms with Crippen molar-refractivity contribution in [2.45, 2.75) is 23.8 Å². The lowest BCUT2D eigenvalue weighted by Gasteiger charge is -2.21. The van der Waals surface area contributed by atoms with E-state index in [4.69, 9.17) is 0 Å². The third-order valence-corrected chi connectivity index (χ3v) is 9.02. The smallest absolute Gasteiger partial charge is 0.241 e. The molecule has 32 heavy (non-hydrogen) atoms. The number of thioether (sulfide) groups is 1. The molecule has 0 aliphatic carbocycles. The maximum atomic E-state index is 12.8. The van der Waals surface area contributed by atoms with E-state index in [0.717, 1.165) is 5.56 Å². The molecule has 1 atom stereocenters. The van der Waals surface area contributed by atoms with Crippen molar-refractivity contribution in [3.8, 4) is 0 Å². The minimum absolute atomic E-state index is 0.0669. The summed E-state index contributed by atoms with van der Waals surface area (Å²) in [7, 11) is -7.50. The molecule has 0 aromatic heterocycles. The first-order valence-corrected chi connectivity index (χ1v) is 14.7. The fourth-order valence-electron chi connectivity index (χ4n) is 3.47. The van der Waals surface area contributed by atoms with Gasteiger partial charge in [0.15, 0.2) is 0 Å². The summed E-state index contributed by atoms with van der Waals surface area (Å²) in [5.41, 5.74) is 1.65. The van der Waals surface area contributed by atoms with Crippen molar-refractivity contribution in [1.29, 1.82) is 0 Å². The molecule has 1 aliphatic rings. The van der Waals surface area contributed by atoms with Crippen LogP contribution in [0.3, 0.4) is 0 Å². The first-order chi connectivity index (χ1) is 15.2. The number of anilines is 1. The number of hydrogen-bond donors (Lipinski definition) is 2. The van der Waals surface area contributed by atoms with Crippen molar-refractivity contribution >= 4 is 43.4 Å². The molecule has 8 nitrogen and oxygen atoms in total. The average Bonchev–Trinajstić information content (AvgIpc) is 3.22. The van der Waals surface area contributed by atoms with Crippen molar-refractivity contribution in [3.63, 3.8) is 0 Å². The predicted molar refractivity (Wildman–Crippen MR) is 128 cm³/mol. The zero-order chi connectivity index (χ0) is 23.2. The van der Waals surface area contributed by atoms with Crippen molar-refractivity contribution in [3.05, 3.63) is 60.2 Å². The molecular formula is C21H27N3O5S3. The maximum absolute atomic E-state index is 12.8. The van der Waals surface area contributed by atoms with Crippen molar-refractivity contribution in [2.24, 2.45) is 0 Å². The second-order valence-electron chi connectivity index (χ2n) is 7.33. The van der Waals surface area contributed by atoms with Crippen LogP contribution in [0.5, 0.6) is 0 Å². The molecular weight excluding hydrogens is 470 g/mol. The van der Waals surface area contributed by atoms with E-state index in [1.807, 2.05) is 18.4 Å². The third-order valence-electron chi connectivity index (χ3n) is 5.12. The molecule has 2 aromatic rings. The number of amides is 1. The van der Waals surface area contributed by atoms with E-state index in [1.54, 1.807) is 30.3 Å². The molecule has 1 heterocycles. The molecule has 2 N–H and O–H groups in total. The van der Waals surface area contributed by atoms with Gasteiger partial charge >= 0.3 is 0 Å². The highest BCUT2D eigenvalue weighted by atomic mass is 32.2. The Hall–Kier alpha value is -2.08. The summed E-state index contributed by atoms with van der Waals surface area (Å²) in [4.78, 5) is 12.8. The van der Waals surface area contributed by atoms with Crippen molar-refractivity contribution in [1.82, 2.24) is 10.0 Å². The van der Waals surface area contributed by atoms with Crippen LogP contribution < -0.4 is 14.3 Å². The van der Waals surface area contributed by atoms with E-state index in [-0.39, 0.29) is 23.6 Å². The van der Waals surface area contributed by atoms with Gasteiger partial charge in [0.25, 0.3) is 0 Å². The summed E-state index contributed by atoms with van der Waals surface area (Å²) >= 11 is 1.49. The topological polar surface area (TPSA) is 113 Å². The molecule has 0 saturated carbocycles. The second kappa shape index (κ2) is 10.7. The lowest BCUT2D eigenvalue weighted by atomic mass is 10.2. The van der Waals surface area contributed by atoms with E-state index in [9.17, 15) is 21.6 Å². The molecule has 0 spiro atoms. The number of carbonyl (C=O) groups is 1. The molecule has 0 fully saturated rings. The van der Waals surface area contributed by atoms with Gasteiger partial charge in [-0.2, -0.15) is 16.5 Å². The number of nitrogens with one attached hydrogen (secondary N) is 2. The van der Waals surface area contributed by atoms with E-state index in [1.165, 1.54) is 28.2 Å². The Labute approximate surface area is 193 Å². The minimum atomic E-state index is -3.88. The zero-order valence-corrected chi connectivity index (χ0v) is 20.2. The highest BCUT2D eigenvalue weighted by Crippen LogP contribution is 2.29. The summed E-state index contributed by atoms with van der Waals surface area (Å²) in [5.74, 6) is -0.248. The maximum Gasteiger partial charge on any atom is 0.241 e. The second-order valence-corrected chi connectivity index (χ2v) is 12.0. The number of carbonyl (C=O) groups excluding carboxylic acids is 1. The summed E-state index contributed by atoms with van der Waals surface area (Å²) in [6.07, 6.45) is 2.80. The van der Waals surface area contributed by atoms with Gasteiger partial charge in [-0.3, -0.25) is 9.10 Å². The monoisotopic (exact) mass is 497 g/mol. The summed E-state index contributed by atoms with van der Waals surface area (Å²) < 4.78 is 54.7. The van der Waals surface area contributed by atoms with Gasteiger partial charge in [0.05, 0.1) is 16.3 Å². The van der Waals surface area contributed by atoms with Crippen molar-refractivity contribution in [2.75, 3.05) is 35.2 Å². The van der Waals surface area contributed by atoms with Gasteiger partial charge in [-0.15, -0.1) is 0 Å². The summed E-state index contributed by atoms with van der Waals surface area (Å²) in [6.45, 7) is 0.269. The minimum Gasteiger partial charge on any atom is -0.354 e. The van der Waals surface area contributed by atoms with Gasteiger partial charge in [-0.05, 0) is 48.6 Å². The van der Waals surface area contributed by atoms with Crippen molar-refractivity contribution < 1.29 is 21.6 Å². The molecule has 2 aromatic carbocycles. The molecule has 1 unspecified atom stereocenters. The quantitative estimate of drug-likeness (QED) is 0.488. The van der Waals surface area contributed by atoms with Gasteiger partial charge in [-0.25, -0.2) is 16.8 Å². The Morgan fingerprint density at radius 1 is 1.06 bits per heavy atom. The number of hydrogen-bond acceptors (Lipinski definition) is 6. The Morgan fingerprint density at radius 2 is 1.75 bits per heavy atom. The third kappa shape index (κ3) is 6.03. The predicted octanol–water partition coefficient (Wildman–Crippen LogP) is 1.60. The Bertz CT molecular complexity index is 1140. The molecule has 1 amide bonds. The molecule has 11 heteroatoms. The van der Waals surface area contributed by atoms with Crippen LogP contribution in [0.4, 0.5) is 5.69 Å². The zero-order valence-electron chi connectivity index (χ0n) is 17.7. The lowest BCUT2D eigenvalue weighted by molar-refractivity contribution is -0.122. The molecule has 0 saturated heterocycles. The Morgan fingerprint density at radius 3 is 2.47 bits per heavy atom. The lowest BCUT2D eigenvalue weighted by Crippen LogP contribution is -2.48. The molecule has 1 aliphatic heterocycles. The molecule has 0 radical (unpaired) electrons. The average molecular weight is 498 g/mol. The van der Waals surface area contributed by atoms with Crippen LogP contribution in [0, 0.1) is 0 Å². The van der Waals surface area contributed by atoms with Crippen LogP contribution in [0.25, 0.3) is 0 Å². The van der Waals surface area contributed by atoms with Crippen LogP contribution >= 0.6 is 11.8 Å². The normalized spacial score (nSPS) is 14.7. The van der Waals surface area contributed by atoms with Crippen LogP contribution in [-0.2, 0) is 31.3 Å². The first kappa shape index (κ1) is 24.6. The number of fused-ring (bicyclic) bond motifs is 1. The van der Waals surface area contributed by atoms with Gasteiger partial charge in [0, 0.05) is 13.1 Å². The van der Waals surface area contributed by atoms with E-state index >= 15 is 0 Å². The van der Waals surface area contributed by atoms with Gasteiger partial charge in [0.2, 0.25) is 26.0 Å². The Kier molecular flexibility index (Phi) is 8.21. The van der Waals surface area contributed by atoms with E-state index < -0.39 is 32.0 Å². The molecule has 0 bridgehead atoms. The highest BCUT2D eigenvalue weighted by molar-refractivity contribution is 7.98. The van der Waals surface area contributed by atoms with Gasteiger partial charge < -0.3 is 5.32 Å². The number of sulfonamides is 2. The fourth-order valence-corrected chi connectivity index (χ4v) is 6.62. The van der Waals surface area contributed by atoms with Crippen LogP contribution in [0.15, 0.2) is 59.5 Å². The van der Waals surface area contributed by atoms with Crippen LogP contribution in [-0.4, -0.2) is 59.6 Å². The molecule has 3 rings (SSSR count). The summed E-state index contributed by atoms with van der Waals surface area (Å²) in [5, 5.41) is 2.59. The van der Waals surface area contributed by atoms with E-state index in [0.29, 0.717) is 24.4 Å². The van der Waals surface area contributed by atoms with E-state index in [2.05, 4.69) is 10.0 Å². The standard InChI is InChI=1S/C21H27N3O5S3/c1-30-15-12-19(23-32(28,29)18-8-3-2-4-9-18)21(25)22-13-16-31(26,27)24-14-11-17-7-5-6-10-20(17)24/h2-10,19,23H,11-16H2,1H3,(H,22,25). The fraction of sp³-hybridized carbons (Fsp3) is 0.381. The Balaban J connectivity index is 1.62. The van der Waals surface area contributed by atoms with Crippen LogP contribution in [0.1, 0.15) is 12.0 Å². The largest absolute Gasteiger partial charge is 0.354 e. The number of benzene rings is 2. The molecule has 174 valence electrons.